The molecule has 1 aromatic carbocycles. The van der Waals surface area contributed by atoms with E-state index in [2.05, 4.69) is 9.97 Å². The summed E-state index contributed by atoms with van der Waals surface area (Å²) in [5, 5.41) is 9.78. The van der Waals surface area contributed by atoms with Crippen LogP contribution < -0.4 is 10.6 Å². The van der Waals surface area contributed by atoms with E-state index >= 15 is 0 Å². The molecule has 0 amide bonds. The fourth-order valence-electron chi connectivity index (χ4n) is 2.58. The molecule has 0 saturated heterocycles. The van der Waals surface area contributed by atoms with Gasteiger partial charge >= 0.3 is 0 Å². The summed E-state index contributed by atoms with van der Waals surface area (Å²) in [5.74, 6) is 0.314. The first-order chi connectivity index (χ1) is 10.1. The Morgan fingerprint density at radius 3 is 2.71 bits per heavy atom. The van der Waals surface area contributed by atoms with Gasteiger partial charge in [0.1, 0.15) is 16.8 Å². The van der Waals surface area contributed by atoms with Crippen LogP contribution in [-0.4, -0.2) is 28.2 Å². The van der Waals surface area contributed by atoms with E-state index in [0.717, 1.165) is 11.1 Å². The molecule has 0 spiro atoms. The van der Waals surface area contributed by atoms with Crippen molar-refractivity contribution in [3.05, 3.63) is 46.4 Å². The van der Waals surface area contributed by atoms with Gasteiger partial charge in [0.2, 0.25) is 5.95 Å². The van der Waals surface area contributed by atoms with Gasteiger partial charge in [-0.3, -0.25) is 0 Å². The maximum atomic E-state index is 13.0. The van der Waals surface area contributed by atoms with Gasteiger partial charge in [0.15, 0.2) is 0 Å². The number of fused-ring (bicyclic) bond motifs is 1. The summed E-state index contributed by atoms with van der Waals surface area (Å²) < 4.78 is 13.0. The number of aliphatic hydroxyl groups is 1. The molecule has 0 radical (unpaired) electrons. The number of hydrogen-bond donors (Lipinski definition) is 2. The molecule has 2 heterocycles. The van der Waals surface area contributed by atoms with Crippen molar-refractivity contribution >= 4 is 23.4 Å². The molecule has 3 rings (SSSR count). The molecule has 3 N–H and O–H groups in total. The molecule has 1 aliphatic heterocycles. The molecule has 21 heavy (non-hydrogen) atoms. The fraction of sp³-hybridized carbons (Fsp3) is 0.286. The first-order valence-corrected chi connectivity index (χ1v) is 6.89. The highest BCUT2D eigenvalue weighted by molar-refractivity contribution is 6.30. The highest BCUT2D eigenvalue weighted by atomic mass is 35.5. The number of hydrogen-bond acceptors (Lipinski definition) is 5. The SMILES string of the molecule is Nc1nc(Cl)c2c(n1)N(Cc1ccc(F)cc1)CC2CO. The summed E-state index contributed by atoms with van der Waals surface area (Å²) >= 11 is 6.12. The number of nitrogen functional groups attached to an aromatic ring is 1. The lowest BCUT2D eigenvalue weighted by molar-refractivity contribution is 0.270. The molecule has 0 aliphatic carbocycles. The average Bonchev–Trinajstić information content (AvgIpc) is 2.79. The zero-order chi connectivity index (χ0) is 15.0. The van der Waals surface area contributed by atoms with Gasteiger partial charge in [0, 0.05) is 24.6 Å². The smallest absolute Gasteiger partial charge is 0.223 e. The minimum Gasteiger partial charge on any atom is -0.396 e. The second kappa shape index (κ2) is 5.46. The monoisotopic (exact) mass is 308 g/mol. The van der Waals surface area contributed by atoms with E-state index in [1.54, 1.807) is 12.1 Å². The predicted molar refractivity (Wildman–Crippen MR) is 78.7 cm³/mol. The lowest BCUT2D eigenvalue weighted by Crippen LogP contribution is -2.23. The highest BCUT2D eigenvalue weighted by Gasteiger charge is 2.33. The van der Waals surface area contributed by atoms with E-state index in [0.29, 0.717) is 18.9 Å². The summed E-state index contributed by atoms with van der Waals surface area (Å²) in [7, 11) is 0. The summed E-state index contributed by atoms with van der Waals surface area (Å²) in [6.45, 7) is 1.07. The molecular formula is C14H14ClFN4O. The second-order valence-electron chi connectivity index (χ2n) is 5.00. The molecule has 1 aromatic heterocycles. The van der Waals surface area contributed by atoms with Gasteiger partial charge in [-0.15, -0.1) is 0 Å². The van der Waals surface area contributed by atoms with Gasteiger partial charge in [-0.25, -0.2) is 9.37 Å². The summed E-state index contributed by atoms with van der Waals surface area (Å²) in [4.78, 5) is 10.1. The molecule has 0 fully saturated rings. The summed E-state index contributed by atoms with van der Waals surface area (Å²) in [5.41, 5.74) is 7.31. The third-order valence-corrected chi connectivity index (χ3v) is 3.84. The summed E-state index contributed by atoms with van der Waals surface area (Å²) in [6.07, 6.45) is 0. The minimum absolute atomic E-state index is 0.0418. The van der Waals surface area contributed by atoms with Crippen LogP contribution in [0.1, 0.15) is 17.0 Å². The van der Waals surface area contributed by atoms with E-state index in [4.69, 9.17) is 17.3 Å². The molecule has 1 atom stereocenters. The maximum absolute atomic E-state index is 13.0. The van der Waals surface area contributed by atoms with E-state index < -0.39 is 0 Å². The number of nitrogens with zero attached hydrogens (tertiary/aromatic N) is 3. The number of halogens is 2. The van der Waals surface area contributed by atoms with Crippen LogP contribution >= 0.6 is 11.6 Å². The van der Waals surface area contributed by atoms with Crippen LogP contribution in [0.15, 0.2) is 24.3 Å². The van der Waals surface area contributed by atoms with E-state index in [1.165, 1.54) is 12.1 Å². The number of nitrogens with two attached hydrogens (primary N) is 1. The highest BCUT2D eigenvalue weighted by Crippen LogP contribution is 2.39. The Kier molecular flexibility index (Phi) is 3.65. The Bertz CT molecular complexity index is 665. The van der Waals surface area contributed by atoms with E-state index in [-0.39, 0.29) is 29.4 Å². The lowest BCUT2D eigenvalue weighted by atomic mass is 10.1. The topological polar surface area (TPSA) is 75.3 Å². The Morgan fingerprint density at radius 1 is 1.33 bits per heavy atom. The van der Waals surface area contributed by atoms with Crippen LogP contribution in [0.4, 0.5) is 16.2 Å². The first kappa shape index (κ1) is 14.0. The molecule has 0 saturated carbocycles. The number of benzene rings is 1. The van der Waals surface area contributed by atoms with Crippen LogP contribution in [0.3, 0.4) is 0 Å². The van der Waals surface area contributed by atoms with Crippen LogP contribution in [0.2, 0.25) is 5.15 Å². The quantitative estimate of drug-likeness (QED) is 0.848. The largest absolute Gasteiger partial charge is 0.396 e. The molecule has 2 aromatic rings. The van der Waals surface area contributed by atoms with Gasteiger partial charge in [-0.1, -0.05) is 23.7 Å². The molecule has 0 bridgehead atoms. The normalized spacial score (nSPS) is 17.1. The Hall–Kier alpha value is -1.92. The van der Waals surface area contributed by atoms with Crippen molar-refractivity contribution in [2.24, 2.45) is 0 Å². The number of aliphatic hydroxyl groups excluding tert-OH is 1. The predicted octanol–water partition coefficient (Wildman–Crippen LogP) is 1.95. The van der Waals surface area contributed by atoms with Crippen molar-refractivity contribution < 1.29 is 9.50 Å². The summed E-state index contributed by atoms with van der Waals surface area (Å²) in [6, 6.07) is 6.26. The van der Waals surface area contributed by atoms with Crippen LogP contribution in [0.25, 0.3) is 0 Å². The van der Waals surface area contributed by atoms with Crippen LogP contribution in [0, 0.1) is 5.82 Å². The van der Waals surface area contributed by atoms with Crippen molar-refractivity contribution in [3.8, 4) is 0 Å². The first-order valence-electron chi connectivity index (χ1n) is 6.51. The standard InChI is InChI=1S/C14H14ClFN4O/c15-12-11-9(7-21)6-20(13(11)19-14(17)18-12)5-8-1-3-10(16)4-2-8/h1-4,9,21H,5-7H2,(H2,17,18,19). The maximum Gasteiger partial charge on any atom is 0.223 e. The van der Waals surface area contributed by atoms with E-state index in [9.17, 15) is 9.50 Å². The Labute approximate surface area is 126 Å². The molecule has 1 unspecified atom stereocenters. The molecule has 1 aliphatic rings. The second-order valence-corrected chi connectivity index (χ2v) is 5.35. The average molecular weight is 309 g/mol. The third kappa shape index (κ3) is 2.64. The molecule has 110 valence electrons. The zero-order valence-electron chi connectivity index (χ0n) is 11.1. The number of rotatable bonds is 3. The van der Waals surface area contributed by atoms with Crippen LogP contribution in [-0.2, 0) is 6.54 Å². The Balaban J connectivity index is 1.94. The van der Waals surface area contributed by atoms with Gasteiger partial charge in [-0.05, 0) is 17.7 Å². The van der Waals surface area contributed by atoms with Gasteiger partial charge in [0.25, 0.3) is 0 Å². The van der Waals surface area contributed by atoms with E-state index in [1.807, 2.05) is 4.90 Å². The zero-order valence-corrected chi connectivity index (χ0v) is 11.9. The Morgan fingerprint density at radius 2 is 2.05 bits per heavy atom. The fourth-order valence-corrected chi connectivity index (χ4v) is 2.91. The third-order valence-electron chi connectivity index (χ3n) is 3.55. The minimum atomic E-state index is -0.275. The van der Waals surface area contributed by atoms with Gasteiger partial charge in [-0.2, -0.15) is 4.98 Å². The molecular weight excluding hydrogens is 295 g/mol. The van der Waals surface area contributed by atoms with Crippen molar-refractivity contribution in [3.63, 3.8) is 0 Å². The van der Waals surface area contributed by atoms with Crippen molar-refractivity contribution in [1.82, 2.24) is 9.97 Å². The molecule has 5 nitrogen and oxygen atoms in total. The molecule has 7 heteroatoms. The van der Waals surface area contributed by atoms with Crippen molar-refractivity contribution in [2.45, 2.75) is 12.5 Å². The van der Waals surface area contributed by atoms with Crippen molar-refractivity contribution in [2.75, 3.05) is 23.8 Å². The van der Waals surface area contributed by atoms with Gasteiger partial charge in [0.05, 0.1) is 6.61 Å². The van der Waals surface area contributed by atoms with Gasteiger partial charge < -0.3 is 15.7 Å². The number of aromatic nitrogens is 2. The van der Waals surface area contributed by atoms with Crippen molar-refractivity contribution in [1.29, 1.82) is 0 Å². The number of anilines is 2. The lowest BCUT2D eigenvalue weighted by Gasteiger charge is -2.19. The van der Waals surface area contributed by atoms with Crippen LogP contribution in [0.5, 0.6) is 0 Å².